The Labute approximate surface area is 116 Å². The molecule has 0 aliphatic heterocycles. The van der Waals surface area contributed by atoms with Crippen LogP contribution in [0.15, 0.2) is 45.3 Å². The summed E-state index contributed by atoms with van der Waals surface area (Å²) in [6.45, 7) is 1.98. The van der Waals surface area contributed by atoms with Crippen LogP contribution in [0.1, 0.15) is 20.3 Å². The van der Waals surface area contributed by atoms with Gasteiger partial charge in [-0.1, -0.05) is 15.9 Å². The molecule has 2 aromatic heterocycles. The summed E-state index contributed by atoms with van der Waals surface area (Å²) in [6.07, 6.45) is 0. The van der Waals surface area contributed by atoms with E-state index in [0.717, 1.165) is 20.3 Å². The molecule has 0 bridgehead atoms. The second-order valence-corrected chi connectivity index (χ2v) is 6.24. The lowest BCUT2D eigenvalue weighted by Crippen LogP contribution is -1.95. The molecule has 0 unspecified atom stereocenters. The van der Waals surface area contributed by atoms with E-state index in [1.54, 1.807) is 6.07 Å². The Kier molecular flexibility index (Phi) is 2.84. The van der Waals surface area contributed by atoms with Crippen molar-refractivity contribution >= 4 is 44.0 Å². The van der Waals surface area contributed by atoms with Crippen LogP contribution in [0, 0.1) is 6.92 Å². The zero-order valence-electron chi connectivity index (χ0n) is 9.57. The van der Waals surface area contributed by atoms with E-state index >= 15 is 0 Å². The van der Waals surface area contributed by atoms with Crippen LogP contribution in [0.3, 0.4) is 0 Å². The molecule has 0 aliphatic rings. The van der Waals surface area contributed by atoms with Crippen LogP contribution < -0.4 is 0 Å². The topological polar surface area (TPSA) is 30.2 Å². The Morgan fingerprint density at radius 3 is 2.78 bits per heavy atom. The standard InChI is InChI=1S/C14H9BrO2S/c1-8-2-5-13(18-8)14(16)12-7-9-6-10(15)3-4-11(9)17-12/h2-7H,1H3. The van der Waals surface area contributed by atoms with Crippen molar-refractivity contribution in [3.63, 3.8) is 0 Å². The zero-order chi connectivity index (χ0) is 12.7. The first-order valence-electron chi connectivity index (χ1n) is 5.44. The number of furan rings is 1. The van der Waals surface area contributed by atoms with Crippen molar-refractivity contribution in [3.05, 3.63) is 56.4 Å². The summed E-state index contributed by atoms with van der Waals surface area (Å²) in [6, 6.07) is 11.3. The predicted molar refractivity (Wildman–Crippen MR) is 76.4 cm³/mol. The second kappa shape index (κ2) is 4.37. The lowest BCUT2D eigenvalue weighted by atomic mass is 10.2. The van der Waals surface area contributed by atoms with Gasteiger partial charge >= 0.3 is 0 Å². The summed E-state index contributed by atoms with van der Waals surface area (Å²) in [5.74, 6) is 0.338. The van der Waals surface area contributed by atoms with Crippen molar-refractivity contribution in [2.75, 3.05) is 0 Å². The average molecular weight is 321 g/mol. The van der Waals surface area contributed by atoms with Gasteiger partial charge in [0.05, 0.1) is 4.88 Å². The predicted octanol–water partition coefficient (Wildman–Crippen LogP) is 4.80. The lowest BCUT2D eigenvalue weighted by Gasteiger charge is -1.91. The van der Waals surface area contributed by atoms with E-state index in [2.05, 4.69) is 15.9 Å². The largest absolute Gasteiger partial charge is 0.453 e. The molecule has 0 spiro atoms. The molecule has 0 aliphatic carbocycles. The normalized spacial score (nSPS) is 11.0. The summed E-state index contributed by atoms with van der Waals surface area (Å²) < 4.78 is 6.56. The number of rotatable bonds is 2. The van der Waals surface area contributed by atoms with E-state index in [1.165, 1.54) is 11.3 Å². The van der Waals surface area contributed by atoms with Crippen molar-refractivity contribution in [2.24, 2.45) is 0 Å². The zero-order valence-corrected chi connectivity index (χ0v) is 12.0. The highest BCUT2D eigenvalue weighted by molar-refractivity contribution is 9.10. The smallest absolute Gasteiger partial charge is 0.238 e. The molecule has 4 heteroatoms. The Bertz CT molecular complexity index is 739. The molecule has 18 heavy (non-hydrogen) atoms. The number of thiophene rings is 1. The van der Waals surface area contributed by atoms with E-state index in [1.807, 2.05) is 37.3 Å². The number of hydrogen-bond donors (Lipinski definition) is 0. The second-order valence-electron chi connectivity index (χ2n) is 4.03. The van der Waals surface area contributed by atoms with Gasteiger partial charge in [0.15, 0.2) is 5.76 Å². The summed E-state index contributed by atoms with van der Waals surface area (Å²) in [5, 5.41) is 0.931. The Morgan fingerprint density at radius 2 is 2.06 bits per heavy atom. The molecular weight excluding hydrogens is 312 g/mol. The maximum atomic E-state index is 12.2. The molecule has 0 amide bonds. The fraction of sp³-hybridized carbons (Fsp3) is 0.0714. The minimum absolute atomic E-state index is 0.0552. The summed E-state index contributed by atoms with van der Waals surface area (Å²) in [7, 11) is 0. The van der Waals surface area contributed by atoms with Gasteiger partial charge in [0.1, 0.15) is 5.58 Å². The molecule has 2 heterocycles. The van der Waals surface area contributed by atoms with Crippen molar-refractivity contribution in [1.82, 2.24) is 0 Å². The van der Waals surface area contributed by atoms with E-state index in [4.69, 9.17) is 4.42 Å². The molecule has 1 aromatic carbocycles. The van der Waals surface area contributed by atoms with Crippen LogP contribution in [0.2, 0.25) is 0 Å². The van der Waals surface area contributed by atoms with Crippen LogP contribution in [-0.2, 0) is 0 Å². The number of hydrogen-bond acceptors (Lipinski definition) is 3. The fourth-order valence-electron chi connectivity index (χ4n) is 1.80. The van der Waals surface area contributed by atoms with Crippen molar-refractivity contribution in [3.8, 4) is 0 Å². The van der Waals surface area contributed by atoms with E-state index in [0.29, 0.717) is 10.6 Å². The van der Waals surface area contributed by atoms with Gasteiger partial charge in [0.2, 0.25) is 5.78 Å². The van der Waals surface area contributed by atoms with Crippen molar-refractivity contribution in [2.45, 2.75) is 6.92 Å². The van der Waals surface area contributed by atoms with E-state index in [-0.39, 0.29) is 5.78 Å². The van der Waals surface area contributed by atoms with Gasteiger partial charge in [0.25, 0.3) is 0 Å². The molecule has 0 atom stereocenters. The quantitative estimate of drug-likeness (QED) is 0.635. The van der Waals surface area contributed by atoms with Crippen molar-refractivity contribution in [1.29, 1.82) is 0 Å². The summed E-state index contributed by atoms with van der Waals surface area (Å²) >= 11 is 4.89. The minimum atomic E-state index is -0.0552. The van der Waals surface area contributed by atoms with Gasteiger partial charge in [0, 0.05) is 14.7 Å². The SMILES string of the molecule is Cc1ccc(C(=O)c2cc3cc(Br)ccc3o2)s1. The molecule has 2 nitrogen and oxygen atoms in total. The number of halogens is 1. The first kappa shape index (κ1) is 11.7. The fourth-order valence-corrected chi connectivity index (χ4v) is 3.00. The number of aryl methyl sites for hydroxylation is 1. The summed E-state index contributed by atoms with van der Waals surface area (Å²) in [5.41, 5.74) is 0.731. The van der Waals surface area contributed by atoms with Gasteiger partial charge in [-0.25, -0.2) is 0 Å². The van der Waals surface area contributed by atoms with E-state index < -0.39 is 0 Å². The Hall–Kier alpha value is -1.39. The average Bonchev–Trinajstić information content (AvgIpc) is 2.93. The van der Waals surface area contributed by atoms with Crippen LogP contribution in [0.5, 0.6) is 0 Å². The molecule has 0 N–H and O–H groups in total. The minimum Gasteiger partial charge on any atom is -0.453 e. The van der Waals surface area contributed by atoms with Gasteiger partial charge < -0.3 is 4.42 Å². The third-order valence-corrected chi connectivity index (χ3v) is 4.16. The highest BCUT2D eigenvalue weighted by atomic mass is 79.9. The maximum absolute atomic E-state index is 12.2. The van der Waals surface area contributed by atoms with Gasteiger partial charge in [-0.05, 0) is 43.3 Å². The van der Waals surface area contributed by atoms with Gasteiger partial charge in [-0.15, -0.1) is 11.3 Å². The first-order valence-corrected chi connectivity index (χ1v) is 7.05. The van der Waals surface area contributed by atoms with Crippen LogP contribution >= 0.6 is 27.3 Å². The molecule has 0 saturated carbocycles. The highest BCUT2D eigenvalue weighted by Gasteiger charge is 2.16. The number of carbonyl (C=O) groups excluding carboxylic acids is 1. The number of fused-ring (bicyclic) bond motifs is 1. The molecule has 90 valence electrons. The number of carbonyl (C=O) groups is 1. The van der Waals surface area contributed by atoms with Crippen LogP contribution in [0.4, 0.5) is 0 Å². The molecule has 3 aromatic rings. The summed E-state index contributed by atoms with van der Waals surface area (Å²) in [4.78, 5) is 14.1. The molecule has 0 radical (unpaired) electrons. The molecule has 3 rings (SSSR count). The third kappa shape index (κ3) is 2.02. The monoisotopic (exact) mass is 320 g/mol. The Morgan fingerprint density at radius 1 is 1.22 bits per heavy atom. The van der Waals surface area contributed by atoms with Gasteiger partial charge in [-0.2, -0.15) is 0 Å². The van der Waals surface area contributed by atoms with Gasteiger partial charge in [-0.3, -0.25) is 4.79 Å². The Balaban J connectivity index is 2.06. The number of ketones is 1. The van der Waals surface area contributed by atoms with Crippen LogP contribution in [-0.4, -0.2) is 5.78 Å². The molecule has 0 fully saturated rings. The number of benzene rings is 1. The molecular formula is C14H9BrO2S. The highest BCUT2D eigenvalue weighted by Crippen LogP contribution is 2.26. The van der Waals surface area contributed by atoms with Crippen LogP contribution in [0.25, 0.3) is 11.0 Å². The van der Waals surface area contributed by atoms with E-state index in [9.17, 15) is 4.79 Å². The maximum Gasteiger partial charge on any atom is 0.238 e. The lowest BCUT2D eigenvalue weighted by molar-refractivity contribution is 0.101. The third-order valence-electron chi connectivity index (χ3n) is 2.67. The molecule has 0 saturated heterocycles. The first-order chi connectivity index (χ1) is 8.63. The van der Waals surface area contributed by atoms with Crippen molar-refractivity contribution < 1.29 is 9.21 Å².